The van der Waals surface area contributed by atoms with Gasteiger partial charge in [-0.25, -0.2) is 15.0 Å². The molecule has 0 aliphatic rings. The Labute approximate surface area is 182 Å². The molecular weight excluding hydrogens is 412 g/mol. The molecule has 0 radical (unpaired) electrons. The first-order chi connectivity index (χ1) is 15.4. The molecule has 0 unspecified atom stereocenters. The van der Waals surface area contributed by atoms with Crippen molar-refractivity contribution in [2.24, 2.45) is 7.05 Å². The molecular formula is C21H20N8O3. The Morgan fingerprint density at radius 1 is 1.00 bits per heavy atom. The molecule has 11 heteroatoms. The smallest absolute Gasteiger partial charge is 0.266 e. The Morgan fingerprint density at radius 3 is 2.56 bits per heavy atom. The molecule has 0 bridgehead atoms. The number of hydrogen-bond donors (Lipinski definition) is 3. The predicted molar refractivity (Wildman–Crippen MR) is 117 cm³/mol. The minimum Gasteiger partial charge on any atom is -0.456 e. The summed E-state index contributed by atoms with van der Waals surface area (Å²) in [6, 6.07) is 8.51. The zero-order chi connectivity index (χ0) is 22.7. The van der Waals surface area contributed by atoms with Crippen LogP contribution in [0.1, 0.15) is 21.9 Å². The number of pyridine rings is 2. The summed E-state index contributed by atoms with van der Waals surface area (Å²) in [6.45, 7) is 3.59. The summed E-state index contributed by atoms with van der Waals surface area (Å²) in [6.07, 6.45) is 4.32. The lowest BCUT2D eigenvalue weighted by Crippen LogP contribution is -2.29. The third-order valence-electron chi connectivity index (χ3n) is 4.55. The fraction of sp³-hybridized carbons (Fsp3) is 0.143. The number of hydrogen-bond acceptors (Lipinski definition) is 8. The molecule has 4 aromatic rings. The quantitative estimate of drug-likeness (QED) is 0.422. The highest BCUT2D eigenvalue weighted by molar-refractivity contribution is 6.03. The van der Waals surface area contributed by atoms with Crippen molar-refractivity contribution in [2.75, 3.05) is 10.6 Å². The van der Waals surface area contributed by atoms with Crippen LogP contribution in [0.5, 0.6) is 11.5 Å². The molecule has 32 heavy (non-hydrogen) atoms. The van der Waals surface area contributed by atoms with Crippen LogP contribution in [-0.2, 0) is 7.05 Å². The van der Waals surface area contributed by atoms with Gasteiger partial charge in [-0.05, 0) is 32.0 Å². The summed E-state index contributed by atoms with van der Waals surface area (Å²) >= 11 is 0. The van der Waals surface area contributed by atoms with Crippen molar-refractivity contribution in [2.45, 2.75) is 13.8 Å². The largest absolute Gasteiger partial charge is 0.456 e. The van der Waals surface area contributed by atoms with Gasteiger partial charge in [0.25, 0.3) is 11.5 Å². The van der Waals surface area contributed by atoms with Crippen molar-refractivity contribution < 1.29 is 9.53 Å². The maximum Gasteiger partial charge on any atom is 0.266 e. The first kappa shape index (κ1) is 20.7. The highest BCUT2D eigenvalue weighted by Crippen LogP contribution is 2.24. The van der Waals surface area contributed by atoms with Crippen molar-refractivity contribution in [3.63, 3.8) is 0 Å². The molecule has 4 rings (SSSR count). The van der Waals surface area contributed by atoms with Gasteiger partial charge in [0.05, 0.1) is 6.20 Å². The number of nitrogens with one attached hydrogen (secondary N) is 3. The molecule has 0 aliphatic carbocycles. The monoisotopic (exact) mass is 432 g/mol. The number of aryl methyl sites for hydroxylation is 2. The number of aromatic amines is 1. The van der Waals surface area contributed by atoms with E-state index in [0.717, 1.165) is 5.69 Å². The number of carbonyl (C=O) groups is 1. The van der Waals surface area contributed by atoms with E-state index in [1.165, 1.54) is 17.0 Å². The molecule has 162 valence electrons. The van der Waals surface area contributed by atoms with Crippen molar-refractivity contribution in [1.29, 1.82) is 0 Å². The highest BCUT2D eigenvalue weighted by atomic mass is 16.5. The van der Waals surface area contributed by atoms with Crippen molar-refractivity contribution in [1.82, 2.24) is 29.7 Å². The molecule has 0 fully saturated rings. The number of H-pyrrole nitrogens is 1. The molecule has 3 N–H and O–H groups in total. The van der Waals surface area contributed by atoms with E-state index in [9.17, 15) is 9.59 Å². The first-order valence-electron chi connectivity index (χ1n) is 9.62. The van der Waals surface area contributed by atoms with Crippen molar-refractivity contribution in [3.05, 3.63) is 76.4 Å². The van der Waals surface area contributed by atoms with Gasteiger partial charge in [-0.3, -0.25) is 19.3 Å². The lowest BCUT2D eigenvalue weighted by molar-refractivity contribution is 0.102. The van der Waals surface area contributed by atoms with Crippen LogP contribution in [0.2, 0.25) is 0 Å². The lowest BCUT2D eigenvalue weighted by atomic mass is 10.3. The Morgan fingerprint density at radius 2 is 1.84 bits per heavy atom. The number of carbonyl (C=O) groups excluding carboxylic acids is 1. The molecule has 11 nitrogen and oxygen atoms in total. The van der Waals surface area contributed by atoms with Crippen LogP contribution >= 0.6 is 0 Å². The molecule has 4 heterocycles. The number of amides is 1. The topological polar surface area (TPSA) is 140 Å². The van der Waals surface area contributed by atoms with Crippen LogP contribution in [0.25, 0.3) is 0 Å². The lowest BCUT2D eigenvalue weighted by Gasteiger charge is -2.09. The van der Waals surface area contributed by atoms with Gasteiger partial charge in [-0.15, -0.1) is 0 Å². The van der Waals surface area contributed by atoms with E-state index in [-0.39, 0.29) is 11.4 Å². The van der Waals surface area contributed by atoms with Gasteiger partial charge in [-0.2, -0.15) is 5.10 Å². The van der Waals surface area contributed by atoms with Crippen LogP contribution < -0.4 is 20.9 Å². The second kappa shape index (κ2) is 8.68. The highest BCUT2D eigenvalue weighted by Gasteiger charge is 2.14. The van der Waals surface area contributed by atoms with E-state index in [4.69, 9.17) is 4.74 Å². The molecule has 0 saturated heterocycles. The van der Waals surface area contributed by atoms with E-state index in [2.05, 4.69) is 35.8 Å². The number of anilines is 3. The minimum absolute atomic E-state index is 0.0656. The van der Waals surface area contributed by atoms with Crippen LogP contribution in [0.15, 0.2) is 53.7 Å². The zero-order valence-electron chi connectivity index (χ0n) is 17.6. The zero-order valence-corrected chi connectivity index (χ0v) is 17.6. The standard InChI is InChI=1S/C21H20N8O3/c1-12-8-19(28-27-12)25-18-9-14(6-7-22-18)32-15-4-5-17(24-10-15)26-20(30)16-11-23-13(2)29(3)21(16)31/h4-11H,1-3H3,(H,24,26,30)(H2,22,25,27,28). The average Bonchev–Trinajstić information content (AvgIpc) is 3.18. The molecule has 0 atom stereocenters. The summed E-state index contributed by atoms with van der Waals surface area (Å²) in [5, 5.41) is 12.6. The maximum atomic E-state index is 12.4. The van der Waals surface area contributed by atoms with Gasteiger partial charge >= 0.3 is 0 Å². The number of nitrogens with zero attached hydrogens (tertiary/aromatic N) is 5. The fourth-order valence-corrected chi connectivity index (χ4v) is 2.77. The summed E-state index contributed by atoms with van der Waals surface area (Å²) in [5.74, 6) is 2.42. The second-order valence-corrected chi connectivity index (χ2v) is 6.96. The van der Waals surface area contributed by atoms with E-state index in [1.54, 1.807) is 44.4 Å². The summed E-state index contributed by atoms with van der Waals surface area (Å²) in [4.78, 5) is 37.1. The van der Waals surface area contributed by atoms with E-state index >= 15 is 0 Å². The molecule has 4 aromatic heterocycles. The second-order valence-electron chi connectivity index (χ2n) is 6.96. The van der Waals surface area contributed by atoms with E-state index in [0.29, 0.717) is 29.0 Å². The molecule has 0 aliphatic heterocycles. The van der Waals surface area contributed by atoms with Crippen molar-refractivity contribution >= 4 is 23.4 Å². The number of ether oxygens (including phenoxy) is 1. The van der Waals surface area contributed by atoms with Crippen LogP contribution in [0.4, 0.5) is 17.5 Å². The number of rotatable bonds is 6. The van der Waals surface area contributed by atoms with Crippen LogP contribution in [0, 0.1) is 13.8 Å². The van der Waals surface area contributed by atoms with Gasteiger partial charge in [0.1, 0.15) is 34.5 Å². The molecule has 0 saturated carbocycles. The van der Waals surface area contributed by atoms with Gasteiger partial charge < -0.3 is 15.4 Å². The van der Waals surface area contributed by atoms with E-state index in [1.807, 2.05) is 13.0 Å². The van der Waals surface area contributed by atoms with Crippen LogP contribution in [0.3, 0.4) is 0 Å². The molecule has 0 aromatic carbocycles. The average molecular weight is 432 g/mol. The molecule has 1 amide bonds. The van der Waals surface area contributed by atoms with Gasteiger partial charge in [0, 0.05) is 37.3 Å². The first-order valence-corrected chi connectivity index (χ1v) is 9.62. The number of aromatic nitrogens is 6. The Hall–Kier alpha value is -4.54. The fourth-order valence-electron chi connectivity index (χ4n) is 2.77. The summed E-state index contributed by atoms with van der Waals surface area (Å²) in [5.41, 5.74) is 0.434. The summed E-state index contributed by atoms with van der Waals surface area (Å²) in [7, 11) is 1.56. The Balaban J connectivity index is 1.42. The van der Waals surface area contributed by atoms with Gasteiger partial charge in [-0.1, -0.05) is 0 Å². The Kier molecular flexibility index (Phi) is 5.62. The normalized spacial score (nSPS) is 10.6. The minimum atomic E-state index is -0.585. The predicted octanol–water partition coefficient (Wildman–Crippen LogP) is 2.70. The van der Waals surface area contributed by atoms with Crippen molar-refractivity contribution in [3.8, 4) is 11.5 Å². The van der Waals surface area contributed by atoms with Gasteiger partial charge in [0.2, 0.25) is 0 Å². The van der Waals surface area contributed by atoms with E-state index < -0.39 is 11.5 Å². The third-order valence-corrected chi connectivity index (χ3v) is 4.55. The Bertz CT molecular complexity index is 1330. The third kappa shape index (κ3) is 4.61. The SMILES string of the molecule is Cc1cc(Nc2cc(Oc3ccc(NC(=O)c4cnc(C)n(C)c4=O)nc3)ccn2)n[nH]1. The molecule has 0 spiro atoms. The van der Waals surface area contributed by atoms with Gasteiger partial charge in [0.15, 0.2) is 5.82 Å². The maximum absolute atomic E-state index is 12.4. The van der Waals surface area contributed by atoms with Crippen LogP contribution in [-0.4, -0.2) is 35.6 Å². The summed E-state index contributed by atoms with van der Waals surface area (Å²) < 4.78 is 7.12.